The van der Waals surface area contributed by atoms with E-state index < -0.39 is 5.97 Å². The van der Waals surface area contributed by atoms with E-state index >= 15 is 0 Å². The third-order valence-electron chi connectivity index (χ3n) is 4.52. The minimum absolute atomic E-state index is 0.00586. The SMILES string of the molecule is CCC[C@H](CC1CCC(C(=O)Nc2nnc(CC)s2)C1)C(=O)O. The smallest absolute Gasteiger partial charge is 0.306 e. The highest BCUT2D eigenvalue weighted by molar-refractivity contribution is 7.15. The maximum atomic E-state index is 12.3. The average molecular weight is 339 g/mol. The molecule has 2 rings (SSSR count). The van der Waals surface area contributed by atoms with E-state index in [0.717, 1.165) is 37.1 Å². The first-order valence-electron chi connectivity index (χ1n) is 8.39. The lowest BCUT2D eigenvalue weighted by Gasteiger charge is -2.16. The number of aryl methyl sites for hydroxylation is 1. The summed E-state index contributed by atoms with van der Waals surface area (Å²) in [5, 5.41) is 21.6. The molecule has 6 nitrogen and oxygen atoms in total. The Kier molecular flexibility index (Phi) is 6.50. The van der Waals surface area contributed by atoms with Crippen LogP contribution in [0.5, 0.6) is 0 Å². The summed E-state index contributed by atoms with van der Waals surface area (Å²) in [4.78, 5) is 23.6. The highest BCUT2D eigenvalue weighted by Gasteiger charge is 2.33. The highest BCUT2D eigenvalue weighted by Crippen LogP contribution is 2.36. The van der Waals surface area contributed by atoms with E-state index in [4.69, 9.17) is 0 Å². The fraction of sp³-hybridized carbons (Fsp3) is 0.750. The molecular weight excluding hydrogens is 314 g/mol. The van der Waals surface area contributed by atoms with Crippen LogP contribution in [0.1, 0.15) is 57.4 Å². The number of hydrogen-bond donors (Lipinski definition) is 2. The molecule has 0 radical (unpaired) electrons. The molecule has 1 fully saturated rings. The van der Waals surface area contributed by atoms with Crippen LogP contribution in [-0.4, -0.2) is 27.2 Å². The normalized spacial score (nSPS) is 22.0. The van der Waals surface area contributed by atoms with Crippen LogP contribution in [0.4, 0.5) is 5.13 Å². The molecule has 0 aliphatic heterocycles. The summed E-state index contributed by atoms with van der Waals surface area (Å²) in [6.45, 7) is 4.01. The van der Waals surface area contributed by atoms with Crippen molar-refractivity contribution in [3.63, 3.8) is 0 Å². The minimum Gasteiger partial charge on any atom is -0.481 e. The van der Waals surface area contributed by atoms with Crippen LogP contribution in [0.3, 0.4) is 0 Å². The molecule has 7 heteroatoms. The number of anilines is 1. The third-order valence-corrected chi connectivity index (χ3v) is 5.50. The summed E-state index contributed by atoms with van der Waals surface area (Å²) in [6, 6.07) is 0. The first-order valence-corrected chi connectivity index (χ1v) is 9.21. The van der Waals surface area contributed by atoms with Crippen molar-refractivity contribution in [3.05, 3.63) is 5.01 Å². The zero-order valence-corrected chi connectivity index (χ0v) is 14.6. The number of carboxylic acid groups (broad SMARTS) is 1. The summed E-state index contributed by atoms with van der Waals surface area (Å²) in [6.07, 6.45) is 5.63. The summed E-state index contributed by atoms with van der Waals surface area (Å²) in [5.41, 5.74) is 0. The van der Waals surface area contributed by atoms with Gasteiger partial charge in [0.2, 0.25) is 11.0 Å². The van der Waals surface area contributed by atoms with Crippen molar-refractivity contribution in [2.24, 2.45) is 17.8 Å². The second-order valence-corrected chi connectivity index (χ2v) is 7.34. The molecule has 2 unspecified atom stereocenters. The zero-order chi connectivity index (χ0) is 16.8. The van der Waals surface area contributed by atoms with E-state index in [1.54, 1.807) is 0 Å². The molecule has 0 saturated heterocycles. The van der Waals surface area contributed by atoms with Gasteiger partial charge in [0.25, 0.3) is 0 Å². The quantitative estimate of drug-likeness (QED) is 0.758. The Bertz CT molecular complexity index is 546. The zero-order valence-electron chi connectivity index (χ0n) is 13.7. The lowest BCUT2D eigenvalue weighted by molar-refractivity contribution is -0.142. The monoisotopic (exact) mass is 339 g/mol. The Morgan fingerprint density at radius 3 is 2.74 bits per heavy atom. The van der Waals surface area contributed by atoms with Crippen molar-refractivity contribution in [2.45, 2.75) is 58.8 Å². The van der Waals surface area contributed by atoms with Gasteiger partial charge in [-0.3, -0.25) is 9.59 Å². The second kappa shape index (κ2) is 8.38. The molecule has 1 aliphatic carbocycles. The lowest BCUT2D eigenvalue weighted by Crippen LogP contribution is -2.21. The van der Waals surface area contributed by atoms with Gasteiger partial charge in [-0.15, -0.1) is 10.2 Å². The molecule has 128 valence electrons. The van der Waals surface area contributed by atoms with Crippen LogP contribution in [0.2, 0.25) is 0 Å². The molecule has 1 amide bonds. The van der Waals surface area contributed by atoms with E-state index in [1.165, 1.54) is 11.3 Å². The number of carboxylic acids is 1. The Morgan fingerprint density at radius 1 is 1.35 bits per heavy atom. The van der Waals surface area contributed by atoms with Gasteiger partial charge in [-0.25, -0.2) is 0 Å². The number of hydrogen-bond acceptors (Lipinski definition) is 5. The largest absolute Gasteiger partial charge is 0.481 e. The second-order valence-electron chi connectivity index (χ2n) is 6.28. The molecule has 0 bridgehead atoms. The van der Waals surface area contributed by atoms with Gasteiger partial charge in [0, 0.05) is 5.92 Å². The number of aliphatic carboxylic acids is 1. The molecular formula is C16H25N3O3S. The number of rotatable bonds is 8. The van der Waals surface area contributed by atoms with Gasteiger partial charge in [0.15, 0.2) is 0 Å². The molecule has 2 N–H and O–H groups in total. The van der Waals surface area contributed by atoms with Gasteiger partial charge in [-0.2, -0.15) is 0 Å². The van der Waals surface area contributed by atoms with Crippen molar-refractivity contribution >= 4 is 28.3 Å². The molecule has 1 saturated carbocycles. The van der Waals surface area contributed by atoms with Crippen LogP contribution in [-0.2, 0) is 16.0 Å². The lowest BCUT2D eigenvalue weighted by atomic mass is 9.89. The van der Waals surface area contributed by atoms with E-state index in [0.29, 0.717) is 23.9 Å². The number of nitrogens with zero attached hydrogens (tertiary/aromatic N) is 2. The summed E-state index contributed by atoms with van der Waals surface area (Å²) in [7, 11) is 0. The molecule has 0 aromatic carbocycles. The van der Waals surface area contributed by atoms with E-state index in [9.17, 15) is 14.7 Å². The Balaban J connectivity index is 1.84. The Hall–Kier alpha value is -1.50. The van der Waals surface area contributed by atoms with Gasteiger partial charge in [0.1, 0.15) is 5.01 Å². The summed E-state index contributed by atoms with van der Waals surface area (Å²) >= 11 is 1.41. The average Bonchev–Trinajstić information content (AvgIpc) is 3.15. The number of nitrogens with one attached hydrogen (secondary N) is 1. The van der Waals surface area contributed by atoms with E-state index in [-0.39, 0.29) is 17.7 Å². The predicted octanol–water partition coefficient (Wildman–Crippen LogP) is 3.35. The van der Waals surface area contributed by atoms with Crippen LogP contribution in [0.15, 0.2) is 0 Å². The van der Waals surface area contributed by atoms with Crippen molar-refractivity contribution in [1.82, 2.24) is 10.2 Å². The number of amides is 1. The molecule has 1 aromatic heterocycles. The Labute approximate surface area is 140 Å². The van der Waals surface area contributed by atoms with Crippen LogP contribution < -0.4 is 5.32 Å². The van der Waals surface area contributed by atoms with Gasteiger partial charge < -0.3 is 10.4 Å². The fourth-order valence-corrected chi connectivity index (χ4v) is 3.96. The maximum absolute atomic E-state index is 12.3. The molecule has 1 aliphatic rings. The summed E-state index contributed by atoms with van der Waals surface area (Å²) in [5.74, 6) is -0.694. The molecule has 3 atom stereocenters. The number of aromatic nitrogens is 2. The van der Waals surface area contributed by atoms with Crippen LogP contribution >= 0.6 is 11.3 Å². The topological polar surface area (TPSA) is 92.2 Å². The number of carbonyl (C=O) groups is 2. The van der Waals surface area contributed by atoms with Crippen molar-refractivity contribution in [2.75, 3.05) is 5.32 Å². The predicted molar refractivity (Wildman–Crippen MR) is 89.4 cm³/mol. The Morgan fingerprint density at radius 2 is 2.13 bits per heavy atom. The van der Waals surface area contributed by atoms with Gasteiger partial charge in [-0.05, 0) is 44.4 Å². The standard InChI is InChI=1S/C16H25N3O3S/c1-3-5-12(15(21)22)9-10-6-7-11(8-10)14(20)17-16-19-18-13(4-2)23-16/h10-12H,3-9H2,1-2H3,(H,21,22)(H,17,19,20)/t10?,11?,12-/m1/s1. The summed E-state index contributed by atoms with van der Waals surface area (Å²) < 4.78 is 0. The van der Waals surface area contributed by atoms with Gasteiger partial charge in [0.05, 0.1) is 5.92 Å². The first kappa shape index (κ1) is 17.8. The molecule has 23 heavy (non-hydrogen) atoms. The van der Waals surface area contributed by atoms with Crippen molar-refractivity contribution < 1.29 is 14.7 Å². The molecule has 1 aromatic rings. The van der Waals surface area contributed by atoms with Crippen molar-refractivity contribution in [3.8, 4) is 0 Å². The van der Waals surface area contributed by atoms with E-state index in [1.807, 2.05) is 13.8 Å². The number of carbonyl (C=O) groups excluding carboxylic acids is 1. The maximum Gasteiger partial charge on any atom is 0.306 e. The third kappa shape index (κ3) is 4.99. The van der Waals surface area contributed by atoms with Gasteiger partial charge >= 0.3 is 5.97 Å². The molecule has 0 spiro atoms. The molecule has 1 heterocycles. The minimum atomic E-state index is -0.708. The van der Waals surface area contributed by atoms with Crippen LogP contribution in [0, 0.1) is 17.8 Å². The van der Waals surface area contributed by atoms with Crippen molar-refractivity contribution in [1.29, 1.82) is 0 Å². The fourth-order valence-electron chi connectivity index (χ4n) is 3.27. The van der Waals surface area contributed by atoms with Crippen LogP contribution in [0.25, 0.3) is 0 Å². The van der Waals surface area contributed by atoms with Gasteiger partial charge in [-0.1, -0.05) is 31.6 Å². The highest BCUT2D eigenvalue weighted by atomic mass is 32.1. The van der Waals surface area contributed by atoms with E-state index in [2.05, 4.69) is 15.5 Å². The first-order chi connectivity index (χ1) is 11.0.